The minimum atomic E-state index is -4.23. The first-order valence-electron chi connectivity index (χ1n) is 9.31. The lowest BCUT2D eigenvalue weighted by Gasteiger charge is -2.27. The van der Waals surface area contributed by atoms with Crippen molar-refractivity contribution in [1.29, 1.82) is 0 Å². The summed E-state index contributed by atoms with van der Waals surface area (Å²) in [6.45, 7) is 4.96. The Balaban J connectivity index is 2.26. The van der Waals surface area contributed by atoms with Gasteiger partial charge in [-0.3, -0.25) is 9.59 Å². The Hall–Kier alpha value is -1.89. The molecule has 0 heterocycles. The van der Waals surface area contributed by atoms with Crippen molar-refractivity contribution in [3.05, 3.63) is 57.6 Å². The van der Waals surface area contributed by atoms with E-state index < -0.39 is 23.1 Å². The molecule has 0 aromatic heterocycles. The molecule has 0 saturated carbocycles. The Labute approximate surface area is 194 Å². The predicted molar refractivity (Wildman–Crippen MR) is 117 cm³/mol. The topological polar surface area (TPSA) is 52.6 Å². The highest BCUT2D eigenvalue weighted by molar-refractivity contribution is 6.38. The molecule has 0 N–H and O–H groups in total. The van der Waals surface area contributed by atoms with Crippen molar-refractivity contribution in [1.82, 2.24) is 0 Å². The van der Waals surface area contributed by atoms with Crippen molar-refractivity contribution in [2.24, 2.45) is 0 Å². The quantitative estimate of drug-likeness (QED) is 0.217. The van der Waals surface area contributed by atoms with Gasteiger partial charge in [0, 0.05) is 18.2 Å². The summed E-state index contributed by atoms with van der Waals surface area (Å²) in [6.07, 6.45) is -3.59. The van der Waals surface area contributed by atoms with E-state index in [1.165, 1.54) is 12.1 Å². The fraction of sp³-hybridized carbons (Fsp3) is 0.364. The van der Waals surface area contributed by atoms with E-state index in [1.54, 1.807) is 24.3 Å². The number of benzene rings is 2. The van der Waals surface area contributed by atoms with E-state index in [-0.39, 0.29) is 5.75 Å². The number of carbonyl (C=O) groups is 2. The number of Topliss-reactive ketones (excluding diaryl/α,β-unsaturated/α-hetero) is 2. The van der Waals surface area contributed by atoms with Crippen LogP contribution in [0.25, 0.3) is 0 Å². The van der Waals surface area contributed by atoms with E-state index in [4.69, 9.17) is 39.5 Å². The van der Waals surface area contributed by atoms with Gasteiger partial charge in [0.25, 0.3) is 0 Å². The number of hydrogen-bond acceptors (Lipinski definition) is 4. The van der Waals surface area contributed by atoms with Crippen LogP contribution >= 0.6 is 34.8 Å². The fourth-order valence-corrected chi connectivity index (χ4v) is 3.50. The Morgan fingerprint density at radius 2 is 1.55 bits per heavy atom. The molecule has 31 heavy (non-hydrogen) atoms. The monoisotopic (exact) mass is 492 g/mol. The molecular formula is C22H21Cl3F2O4. The molecule has 4 nitrogen and oxygen atoms in total. The maximum atomic E-state index is 13.7. The first-order chi connectivity index (χ1) is 14.4. The summed E-state index contributed by atoms with van der Waals surface area (Å²) in [6, 6.07) is 9.21. The van der Waals surface area contributed by atoms with E-state index in [1.807, 2.05) is 13.8 Å². The van der Waals surface area contributed by atoms with Crippen LogP contribution in [0.15, 0.2) is 36.4 Å². The van der Waals surface area contributed by atoms with Crippen LogP contribution in [0.2, 0.25) is 10.0 Å². The molecule has 0 fully saturated rings. The van der Waals surface area contributed by atoms with Crippen LogP contribution in [-0.4, -0.2) is 30.2 Å². The number of hydrogen-bond donors (Lipinski definition) is 0. The number of carbonyl (C=O) groups excluding carboxylic acids is 2. The summed E-state index contributed by atoms with van der Waals surface area (Å²) in [4.78, 5) is 22.2. The summed E-state index contributed by atoms with van der Waals surface area (Å²) < 4.78 is 37.5. The van der Waals surface area contributed by atoms with Crippen LogP contribution in [0.3, 0.4) is 0 Å². The molecule has 9 heteroatoms. The predicted octanol–water partition coefficient (Wildman–Crippen LogP) is 6.46. The average Bonchev–Trinajstić information content (AvgIpc) is 2.69. The first-order valence-corrected chi connectivity index (χ1v) is 10.6. The van der Waals surface area contributed by atoms with E-state index >= 15 is 0 Å². The number of halogens is 5. The maximum absolute atomic E-state index is 13.7. The average molecular weight is 494 g/mol. The molecule has 0 bridgehead atoms. The molecule has 0 atom stereocenters. The summed E-state index contributed by atoms with van der Waals surface area (Å²) in [5, 5.41) is 0.681. The Morgan fingerprint density at radius 1 is 1.00 bits per heavy atom. The van der Waals surface area contributed by atoms with Gasteiger partial charge < -0.3 is 9.47 Å². The second-order valence-electron chi connectivity index (χ2n) is 7.31. The highest BCUT2D eigenvalue weighted by Gasteiger charge is 2.44. The van der Waals surface area contributed by atoms with Gasteiger partial charge in [-0.1, -0.05) is 49.2 Å². The molecule has 2 aromatic carbocycles. The minimum absolute atomic E-state index is 0.252. The van der Waals surface area contributed by atoms with E-state index in [0.717, 1.165) is 18.1 Å². The van der Waals surface area contributed by atoms with Crippen molar-refractivity contribution in [3.8, 4) is 11.5 Å². The smallest absolute Gasteiger partial charge is 0.469 e. The minimum Gasteiger partial charge on any atom is -0.490 e. The zero-order valence-corrected chi connectivity index (χ0v) is 19.4. The molecule has 0 unspecified atom stereocenters. The third kappa shape index (κ3) is 6.09. The zero-order chi connectivity index (χ0) is 23.4. The van der Waals surface area contributed by atoms with Gasteiger partial charge in [0.05, 0.1) is 16.7 Å². The maximum Gasteiger partial charge on any atom is 0.469 e. The molecular weight excluding hydrogens is 473 g/mol. The van der Waals surface area contributed by atoms with E-state index in [0.29, 0.717) is 34.7 Å². The molecule has 2 rings (SSSR count). The molecule has 0 radical (unpaired) electrons. The van der Waals surface area contributed by atoms with Gasteiger partial charge in [0.15, 0.2) is 5.75 Å². The SMILES string of the molecule is CC(=O)C(=O)C(F)(F)Oc1ccc(C(C)(C)c2cc(Cl)c(OCCCCl)c(Cl)c2)cc1. The zero-order valence-electron chi connectivity index (χ0n) is 17.1. The van der Waals surface area contributed by atoms with Gasteiger partial charge >= 0.3 is 11.9 Å². The van der Waals surface area contributed by atoms with Gasteiger partial charge in [-0.15, -0.1) is 11.6 Å². The van der Waals surface area contributed by atoms with Crippen molar-refractivity contribution in [3.63, 3.8) is 0 Å². The molecule has 0 aliphatic rings. The van der Waals surface area contributed by atoms with E-state index in [9.17, 15) is 18.4 Å². The van der Waals surface area contributed by atoms with Crippen LogP contribution in [0.1, 0.15) is 38.3 Å². The highest BCUT2D eigenvalue weighted by Crippen LogP contribution is 2.41. The van der Waals surface area contributed by atoms with Crippen molar-refractivity contribution >= 4 is 46.4 Å². The molecule has 0 spiro atoms. The van der Waals surface area contributed by atoms with Crippen molar-refractivity contribution in [2.75, 3.05) is 12.5 Å². The number of ether oxygens (including phenoxy) is 2. The molecule has 168 valence electrons. The number of ketones is 2. The second kappa shape index (κ2) is 10.2. The van der Waals surface area contributed by atoms with Gasteiger partial charge in [0.2, 0.25) is 5.78 Å². The molecule has 2 aromatic rings. The third-order valence-electron chi connectivity index (χ3n) is 4.65. The van der Waals surface area contributed by atoms with Gasteiger partial charge in [-0.2, -0.15) is 8.78 Å². The van der Waals surface area contributed by atoms with E-state index in [2.05, 4.69) is 4.74 Å². The third-order valence-corrected chi connectivity index (χ3v) is 5.48. The molecule has 0 amide bonds. The summed E-state index contributed by atoms with van der Waals surface area (Å²) in [7, 11) is 0. The lowest BCUT2D eigenvalue weighted by Crippen LogP contribution is -2.39. The normalized spacial score (nSPS) is 11.9. The number of rotatable bonds is 10. The number of alkyl halides is 3. The van der Waals surface area contributed by atoms with Crippen LogP contribution in [0.4, 0.5) is 8.78 Å². The summed E-state index contributed by atoms with van der Waals surface area (Å²) in [5.74, 6) is -2.62. The largest absolute Gasteiger partial charge is 0.490 e. The summed E-state index contributed by atoms with van der Waals surface area (Å²) >= 11 is 18.4. The van der Waals surface area contributed by atoms with Crippen LogP contribution in [0.5, 0.6) is 11.5 Å². The lowest BCUT2D eigenvalue weighted by molar-refractivity contribution is -0.190. The molecule has 0 aliphatic carbocycles. The Bertz CT molecular complexity index is 937. The van der Waals surface area contributed by atoms with Crippen LogP contribution in [0, 0.1) is 0 Å². The first kappa shape index (κ1) is 25.4. The van der Waals surface area contributed by atoms with Crippen molar-refractivity contribution in [2.45, 2.75) is 38.7 Å². The standard InChI is InChI=1S/C22H21Cl3F2O4/c1-13(28)20(29)22(26,27)31-16-7-5-14(6-8-16)21(2,3)15-11-17(24)19(18(25)12-15)30-10-4-9-23/h5-8,11-12H,4,9-10H2,1-3H3. The summed E-state index contributed by atoms with van der Waals surface area (Å²) in [5.41, 5.74) is 0.931. The Morgan fingerprint density at radius 3 is 2.03 bits per heavy atom. The van der Waals surface area contributed by atoms with Gasteiger partial charge in [0.1, 0.15) is 5.75 Å². The van der Waals surface area contributed by atoms with Crippen LogP contribution < -0.4 is 9.47 Å². The second-order valence-corrected chi connectivity index (χ2v) is 8.51. The van der Waals surface area contributed by atoms with Gasteiger partial charge in [-0.25, -0.2) is 0 Å². The van der Waals surface area contributed by atoms with Crippen LogP contribution in [-0.2, 0) is 15.0 Å². The van der Waals surface area contributed by atoms with Gasteiger partial charge in [-0.05, 0) is 41.8 Å². The highest BCUT2D eigenvalue weighted by atomic mass is 35.5. The lowest BCUT2D eigenvalue weighted by atomic mass is 9.78. The van der Waals surface area contributed by atoms with Crippen molar-refractivity contribution < 1.29 is 27.8 Å². The molecule has 0 aliphatic heterocycles. The molecule has 0 saturated heterocycles. The fourth-order valence-electron chi connectivity index (χ4n) is 2.79. The Kier molecular flexibility index (Phi) is 8.31.